The highest BCUT2D eigenvalue weighted by Crippen LogP contribution is 2.16. The van der Waals surface area contributed by atoms with E-state index in [1.54, 1.807) is 31.4 Å². The topological polar surface area (TPSA) is 76.7 Å². The standard InChI is InChI=1S/C22H28N2O4/c1-3-4-5-16-28-20-12-8-18(9-13-20)24-22(26)21(25)23-15-14-17-6-10-19(27-2)11-7-17/h6-13H,3-5,14-16H2,1-2H3,(H,23,25)(H,24,26). The minimum Gasteiger partial charge on any atom is -0.497 e. The van der Waals surface area contributed by atoms with Gasteiger partial charge >= 0.3 is 11.8 Å². The summed E-state index contributed by atoms with van der Waals surface area (Å²) in [5.74, 6) is 0.183. The molecule has 0 unspecified atom stereocenters. The van der Waals surface area contributed by atoms with Gasteiger partial charge in [0.15, 0.2) is 0 Å². The van der Waals surface area contributed by atoms with Crippen LogP contribution in [0.2, 0.25) is 0 Å². The van der Waals surface area contributed by atoms with E-state index >= 15 is 0 Å². The molecular formula is C22H28N2O4. The molecule has 2 rings (SSSR count). The molecule has 0 saturated carbocycles. The second-order valence-electron chi connectivity index (χ2n) is 6.39. The average Bonchev–Trinajstić information content (AvgIpc) is 2.72. The lowest BCUT2D eigenvalue weighted by molar-refractivity contribution is -0.136. The van der Waals surface area contributed by atoms with Gasteiger partial charge in [-0.25, -0.2) is 0 Å². The number of anilines is 1. The van der Waals surface area contributed by atoms with E-state index in [4.69, 9.17) is 9.47 Å². The average molecular weight is 384 g/mol. The summed E-state index contributed by atoms with van der Waals surface area (Å²) in [5, 5.41) is 5.21. The van der Waals surface area contributed by atoms with Crippen molar-refractivity contribution in [1.29, 1.82) is 0 Å². The number of hydrogen-bond donors (Lipinski definition) is 2. The molecule has 0 aliphatic rings. The van der Waals surface area contributed by atoms with Crippen LogP contribution in [-0.2, 0) is 16.0 Å². The molecule has 0 aliphatic carbocycles. The van der Waals surface area contributed by atoms with Crippen LogP contribution in [0.3, 0.4) is 0 Å². The van der Waals surface area contributed by atoms with E-state index in [-0.39, 0.29) is 0 Å². The highest BCUT2D eigenvalue weighted by molar-refractivity contribution is 6.39. The van der Waals surface area contributed by atoms with Crippen molar-refractivity contribution < 1.29 is 19.1 Å². The summed E-state index contributed by atoms with van der Waals surface area (Å²) in [6.45, 7) is 3.20. The van der Waals surface area contributed by atoms with Crippen LogP contribution in [0.25, 0.3) is 0 Å². The van der Waals surface area contributed by atoms with Crippen molar-refractivity contribution in [2.24, 2.45) is 0 Å². The van der Waals surface area contributed by atoms with Gasteiger partial charge in [0.1, 0.15) is 11.5 Å². The molecule has 0 atom stereocenters. The van der Waals surface area contributed by atoms with Crippen LogP contribution in [0, 0.1) is 0 Å². The third-order valence-electron chi connectivity index (χ3n) is 4.19. The highest BCUT2D eigenvalue weighted by atomic mass is 16.5. The first-order valence-electron chi connectivity index (χ1n) is 9.57. The van der Waals surface area contributed by atoms with Crippen LogP contribution < -0.4 is 20.1 Å². The SMILES string of the molecule is CCCCCOc1ccc(NC(=O)C(=O)NCCc2ccc(OC)cc2)cc1. The van der Waals surface area contributed by atoms with Crippen LogP contribution in [0.5, 0.6) is 11.5 Å². The lowest BCUT2D eigenvalue weighted by Gasteiger charge is -2.09. The molecule has 0 aromatic heterocycles. The van der Waals surface area contributed by atoms with Crippen molar-refractivity contribution in [3.63, 3.8) is 0 Å². The summed E-state index contributed by atoms with van der Waals surface area (Å²) >= 11 is 0. The molecule has 0 fully saturated rings. The Balaban J connectivity index is 1.71. The number of nitrogens with one attached hydrogen (secondary N) is 2. The van der Waals surface area contributed by atoms with Gasteiger partial charge in [0.05, 0.1) is 13.7 Å². The Morgan fingerprint density at radius 1 is 0.893 bits per heavy atom. The van der Waals surface area contributed by atoms with Gasteiger partial charge in [0, 0.05) is 12.2 Å². The Labute approximate surface area is 166 Å². The molecule has 0 radical (unpaired) electrons. The zero-order valence-corrected chi connectivity index (χ0v) is 16.5. The summed E-state index contributed by atoms with van der Waals surface area (Å²) in [6, 6.07) is 14.6. The van der Waals surface area contributed by atoms with E-state index in [0.29, 0.717) is 25.3 Å². The Morgan fingerprint density at radius 3 is 2.21 bits per heavy atom. The maximum atomic E-state index is 12.0. The van der Waals surface area contributed by atoms with Crippen LogP contribution in [-0.4, -0.2) is 32.1 Å². The minimum absolute atomic E-state index is 0.378. The largest absolute Gasteiger partial charge is 0.497 e. The molecule has 2 N–H and O–H groups in total. The maximum absolute atomic E-state index is 12.0. The Bertz CT molecular complexity index is 742. The Hall–Kier alpha value is -3.02. The van der Waals surface area contributed by atoms with Gasteiger partial charge in [-0.05, 0) is 54.8 Å². The second kappa shape index (κ2) is 11.6. The van der Waals surface area contributed by atoms with Gasteiger partial charge < -0.3 is 20.1 Å². The number of rotatable bonds is 10. The number of carbonyl (C=O) groups excluding carboxylic acids is 2. The van der Waals surface area contributed by atoms with Crippen molar-refractivity contribution in [3.8, 4) is 11.5 Å². The smallest absolute Gasteiger partial charge is 0.313 e. The fraction of sp³-hybridized carbons (Fsp3) is 0.364. The summed E-state index contributed by atoms with van der Waals surface area (Å²) in [7, 11) is 1.61. The van der Waals surface area contributed by atoms with Crippen molar-refractivity contribution >= 4 is 17.5 Å². The number of carbonyl (C=O) groups is 2. The van der Waals surface area contributed by atoms with E-state index in [9.17, 15) is 9.59 Å². The Morgan fingerprint density at radius 2 is 1.57 bits per heavy atom. The van der Waals surface area contributed by atoms with E-state index < -0.39 is 11.8 Å². The number of amides is 2. The fourth-order valence-corrected chi connectivity index (χ4v) is 2.56. The van der Waals surface area contributed by atoms with Crippen LogP contribution in [0.1, 0.15) is 31.7 Å². The summed E-state index contributed by atoms with van der Waals surface area (Å²) < 4.78 is 10.7. The van der Waals surface area contributed by atoms with E-state index in [1.807, 2.05) is 24.3 Å². The first-order chi connectivity index (χ1) is 13.6. The van der Waals surface area contributed by atoms with Gasteiger partial charge in [0.25, 0.3) is 0 Å². The Kier molecular flexibility index (Phi) is 8.85. The van der Waals surface area contributed by atoms with Crippen molar-refractivity contribution in [1.82, 2.24) is 5.32 Å². The lowest BCUT2D eigenvalue weighted by Crippen LogP contribution is -2.36. The monoisotopic (exact) mass is 384 g/mol. The van der Waals surface area contributed by atoms with Gasteiger partial charge in [-0.2, -0.15) is 0 Å². The van der Waals surface area contributed by atoms with Gasteiger partial charge in [0.2, 0.25) is 0 Å². The third kappa shape index (κ3) is 7.31. The van der Waals surface area contributed by atoms with Gasteiger partial charge in [-0.1, -0.05) is 31.9 Å². The van der Waals surface area contributed by atoms with E-state index in [2.05, 4.69) is 17.6 Å². The number of hydrogen-bond acceptors (Lipinski definition) is 4. The van der Waals surface area contributed by atoms with E-state index in [0.717, 1.165) is 36.3 Å². The highest BCUT2D eigenvalue weighted by Gasteiger charge is 2.13. The van der Waals surface area contributed by atoms with Crippen LogP contribution >= 0.6 is 0 Å². The predicted molar refractivity (Wildman–Crippen MR) is 110 cm³/mol. The van der Waals surface area contributed by atoms with Crippen LogP contribution in [0.4, 0.5) is 5.69 Å². The summed E-state index contributed by atoms with van der Waals surface area (Å²) in [5.41, 5.74) is 1.60. The van der Waals surface area contributed by atoms with Crippen LogP contribution in [0.15, 0.2) is 48.5 Å². The first-order valence-corrected chi connectivity index (χ1v) is 9.57. The van der Waals surface area contributed by atoms with Gasteiger partial charge in [-0.15, -0.1) is 0 Å². The van der Waals surface area contributed by atoms with Crippen molar-refractivity contribution in [2.75, 3.05) is 25.6 Å². The lowest BCUT2D eigenvalue weighted by atomic mass is 10.1. The van der Waals surface area contributed by atoms with Gasteiger partial charge in [-0.3, -0.25) is 9.59 Å². The normalized spacial score (nSPS) is 10.2. The third-order valence-corrected chi connectivity index (χ3v) is 4.19. The molecule has 2 aromatic carbocycles. The molecule has 150 valence electrons. The first kappa shape index (κ1) is 21.3. The fourth-order valence-electron chi connectivity index (χ4n) is 2.56. The molecule has 0 saturated heterocycles. The molecule has 0 heterocycles. The van der Waals surface area contributed by atoms with E-state index in [1.165, 1.54) is 0 Å². The zero-order chi connectivity index (χ0) is 20.2. The van der Waals surface area contributed by atoms with Crippen molar-refractivity contribution in [2.45, 2.75) is 32.6 Å². The minimum atomic E-state index is -0.689. The molecule has 28 heavy (non-hydrogen) atoms. The zero-order valence-electron chi connectivity index (χ0n) is 16.5. The molecule has 0 bridgehead atoms. The van der Waals surface area contributed by atoms with Crippen molar-refractivity contribution in [3.05, 3.63) is 54.1 Å². The number of unbranched alkanes of at least 4 members (excludes halogenated alkanes) is 2. The molecule has 6 heteroatoms. The molecule has 2 amide bonds. The molecule has 2 aromatic rings. The molecule has 0 spiro atoms. The maximum Gasteiger partial charge on any atom is 0.313 e. The summed E-state index contributed by atoms with van der Waals surface area (Å²) in [4.78, 5) is 23.9. The number of methoxy groups -OCH3 is 1. The quantitative estimate of drug-likeness (QED) is 0.485. The molecule has 0 aliphatic heterocycles. The number of ether oxygens (including phenoxy) is 2. The predicted octanol–water partition coefficient (Wildman–Crippen LogP) is 3.56. The summed E-state index contributed by atoms with van der Waals surface area (Å²) in [6.07, 6.45) is 3.94. The number of benzene rings is 2. The molecule has 6 nitrogen and oxygen atoms in total. The molecular weight excluding hydrogens is 356 g/mol. The second-order valence-corrected chi connectivity index (χ2v) is 6.39.